The summed E-state index contributed by atoms with van der Waals surface area (Å²) in [5, 5.41) is 17.3. The van der Waals surface area contributed by atoms with Crippen molar-refractivity contribution in [2.75, 3.05) is 0 Å². The lowest BCUT2D eigenvalue weighted by molar-refractivity contribution is 0.450. The molecule has 1 aromatic rings. The van der Waals surface area contributed by atoms with E-state index < -0.39 is 0 Å². The molecule has 0 saturated carbocycles. The minimum Gasteiger partial charge on any atom is -0.508 e. The Bertz CT molecular complexity index is 188. The highest BCUT2D eigenvalue weighted by Gasteiger charge is 1.85. The van der Waals surface area contributed by atoms with Crippen molar-refractivity contribution in [3.05, 3.63) is 24.3 Å². The summed E-state index contributed by atoms with van der Waals surface area (Å²) < 4.78 is 4.53. The second kappa shape index (κ2) is 5.96. The number of phenolic OH excluding ortho intramolecular Hbond substituents is 2. The molecule has 0 spiro atoms. The Labute approximate surface area is 71.7 Å². The van der Waals surface area contributed by atoms with Crippen LogP contribution in [0.5, 0.6) is 11.5 Å². The molecule has 0 amide bonds. The smallest absolute Gasteiger partial charge is 0.129 e. The van der Waals surface area contributed by atoms with Gasteiger partial charge in [-0.15, -0.1) is 0 Å². The van der Waals surface area contributed by atoms with Crippen LogP contribution in [0.1, 0.15) is 0 Å². The van der Waals surface area contributed by atoms with Crippen LogP contribution < -0.4 is 0 Å². The van der Waals surface area contributed by atoms with E-state index in [9.17, 15) is 0 Å². The van der Waals surface area contributed by atoms with Crippen molar-refractivity contribution in [2.24, 2.45) is 0 Å². The van der Waals surface area contributed by atoms with E-state index >= 15 is 0 Å². The molecule has 62 valence electrons. The van der Waals surface area contributed by atoms with Gasteiger partial charge in [0, 0.05) is 6.07 Å². The zero-order chi connectivity index (χ0) is 8.69. The summed E-state index contributed by atoms with van der Waals surface area (Å²) in [6, 6.07) is 5.85. The van der Waals surface area contributed by atoms with Crippen molar-refractivity contribution in [2.45, 2.75) is 0 Å². The van der Waals surface area contributed by atoms with Gasteiger partial charge in [0.1, 0.15) is 32.5 Å². The molecular weight excluding hydrogens is 176 g/mol. The lowest BCUT2D eigenvalue weighted by Gasteiger charge is -1.89. The molecule has 0 bridgehead atoms. The van der Waals surface area contributed by atoms with Crippen LogP contribution >= 0.6 is 0 Å². The monoisotopic (exact) mass is 188 g/mol. The van der Waals surface area contributed by atoms with Crippen LogP contribution in [-0.4, -0.2) is 31.2 Å². The summed E-state index contributed by atoms with van der Waals surface area (Å²) in [5.74, 6) is 0.176. The fraction of sp³-hybridized carbons (Fsp3) is 0. The number of phenols is 2. The first-order valence-corrected chi connectivity index (χ1v) is 4.72. The first-order valence-electron chi connectivity index (χ1n) is 3.09. The Morgan fingerprint density at radius 1 is 1.09 bits per heavy atom. The van der Waals surface area contributed by atoms with E-state index in [1.54, 1.807) is 6.07 Å². The van der Waals surface area contributed by atoms with Crippen LogP contribution in [-0.2, 0) is 4.12 Å². The summed E-state index contributed by atoms with van der Waals surface area (Å²) in [6.07, 6.45) is 0. The molecule has 0 fully saturated rings. The van der Waals surface area contributed by atoms with Crippen LogP contribution in [0.25, 0.3) is 0 Å². The maximum Gasteiger partial charge on any atom is 0.129 e. The molecule has 0 aliphatic heterocycles. The summed E-state index contributed by atoms with van der Waals surface area (Å²) in [5.41, 5.74) is 0. The zero-order valence-corrected chi connectivity index (χ0v) is 10.6. The molecule has 0 unspecified atom stereocenters. The van der Waals surface area contributed by atoms with Crippen molar-refractivity contribution in [3.8, 4) is 11.5 Å². The molecule has 0 aliphatic carbocycles. The normalized spacial score (nSPS) is 8.73. The van der Waals surface area contributed by atoms with Crippen molar-refractivity contribution in [3.63, 3.8) is 0 Å². The summed E-state index contributed by atoms with van der Waals surface area (Å²) in [7, 11) is 1.86. The fourth-order valence-electron chi connectivity index (χ4n) is 0.493. The van der Waals surface area contributed by atoms with E-state index in [-0.39, 0.29) is 11.5 Å². The summed E-state index contributed by atoms with van der Waals surface area (Å²) in [4.78, 5) is 0. The molecular formula is C6H12O3Si2. The van der Waals surface area contributed by atoms with Crippen molar-refractivity contribution >= 4 is 21.0 Å². The van der Waals surface area contributed by atoms with Gasteiger partial charge in [0.05, 0.1) is 0 Å². The van der Waals surface area contributed by atoms with Crippen molar-refractivity contribution < 1.29 is 14.3 Å². The molecule has 2 N–H and O–H groups in total. The molecule has 1 aromatic carbocycles. The third-order valence-corrected chi connectivity index (χ3v) is 0.830. The van der Waals surface area contributed by atoms with E-state index in [1.165, 1.54) is 18.2 Å². The number of benzene rings is 1. The van der Waals surface area contributed by atoms with Crippen molar-refractivity contribution in [1.82, 2.24) is 0 Å². The maximum atomic E-state index is 8.65. The van der Waals surface area contributed by atoms with Gasteiger partial charge in [-0.25, -0.2) is 0 Å². The highest BCUT2D eigenvalue weighted by Crippen LogP contribution is 2.14. The second-order valence-electron chi connectivity index (χ2n) is 1.93. The van der Waals surface area contributed by atoms with Gasteiger partial charge in [-0.2, -0.15) is 0 Å². The molecule has 0 atom stereocenters. The Balaban J connectivity index is 0.000000292. The Kier molecular flexibility index (Phi) is 5.53. The summed E-state index contributed by atoms with van der Waals surface area (Å²) >= 11 is 0. The van der Waals surface area contributed by atoms with E-state index in [0.717, 1.165) is 21.0 Å². The van der Waals surface area contributed by atoms with Gasteiger partial charge >= 0.3 is 0 Å². The van der Waals surface area contributed by atoms with Crippen LogP contribution in [0.4, 0.5) is 0 Å². The average Bonchev–Trinajstić information content (AvgIpc) is 1.88. The van der Waals surface area contributed by atoms with Gasteiger partial charge in [0.15, 0.2) is 0 Å². The average molecular weight is 188 g/mol. The first kappa shape index (κ1) is 10.2. The third-order valence-electron chi connectivity index (χ3n) is 0.830. The van der Waals surface area contributed by atoms with E-state index in [2.05, 4.69) is 4.12 Å². The Morgan fingerprint density at radius 2 is 1.45 bits per heavy atom. The fourth-order valence-corrected chi connectivity index (χ4v) is 0.493. The van der Waals surface area contributed by atoms with Gasteiger partial charge < -0.3 is 14.3 Å². The molecule has 5 heteroatoms. The Hall–Kier alpha value is -0.786. The molecule has 0 saturated heterocycles. The topological polar surface area (TPSA) is 49.7 Å². The van der Waals surface area contributed by atoms with E-state index in [1.807, 2.05) is 0 Å². The predicted molar refractivity (Wildman–Crippen MR) is 50.7 cm³/mol. The predicted octanol–water partition coefficient (Wildman–Crippen LogP) is -1.34. The molecule has 0 radical (unpaired) electrons. The van der Waals surface area contributed by atoms with Crippen LogP contribution in [0.2, 0.25) is 0 Å². The van der Waals surface area contributed by atoms with Crippen LogP contribution in [0, 0.1) is 0 Å². The van der Waals surface area contributed by atoms with Crippen LogP contribution in [0.3, 0.4) is 0 Å². The number of aromatic hydroxyl groups is 2. The van der Waals surface area contributed by atoms with Gasteiger partial charge in [-0.05, 0) is 12.1 Å². The molecule has 0 aliphatic rings. The second-order valence-corrected chi connectivity index (χ2v) is 5.19. The van der Waals surface area contributed by atoms with Crippen molar-refractivity contribution in [1.29, 1.82) is 0 Å². The largest absolute Gasteiger partial charge is 0.508 e. The van der Waals surface area contributed by atoms with E-state index in [4.69, 9.17) is 10.2 Å². The molecule has 0 aromatic heterocycles. The Morgan fingerprint density at radius 3 is 1.64 bits per heavy atom. The first-order chi connectivity index (χ1) is 5.20. The molecule has 1 rings (SSSR count). The zero-order valence-electron chi connectivity index (χ0n) is 6.61. The van der Waals surface area contributed by atoms with Gasteiger partial charge in [-0.1, -0.05) is 6.07 Å². The van der Waals surface area contributed by atoms with Gasteiger partial charge in [0.25, 0.3) is 0 Å². The lowest BCUT2D eigenvalue weighted by atomic mass is 10.3. The van der Waals surface area contributed by atoms with Gasteiger partial charge in [0.2, 0.25) is 0 Å². The number of hydrogen-bond donors (Lipinski definition) is 2. The molecule has 0 heterocycles. The SMILES string of the molecule is Oc1cccc(O)c1.[SiH3]O[SiH3]. The molecule has 11 heavy (non-hydrogen) atoms. The highest BCUT2D eigenvalue weighted by molar-refractivity contribution is 6.15. The minimum atomic E-state index is 0.0880. The molecule has 3 nitrogen and oxygen atoms in total. The van der Waals surface area contributed by atoms with E-state index in [0.29, 0.717) is 0 Å². The standard InChI is InChI=1S/C6H6O2.H6OSi2/c7-5-2-1-3-6(8)4-5;2-1-3/h1-4,7-8H;2-3H3. The quantitative estimate of drug-likeness (QED) is 0.496. The lowest BCUT2D eigenvalue weighted by Crippen LogP contribution is -1.65. The highest BCUT2D eigenvalue weighted by atomic mass is 28.3. The summed E-state index contributed by atoms with van der Waals surface area (Å²) in [6.45, 7) is 0. The maximum absolute atomic E-state index is 8.65. The number of rotatable bonds is 0. The third kappa shape index (κ3) is 5.65. The number of hydrogen-bond acceptors (Lipinski definition) is 3. The minimum absolute atomic E-state index is 0.0880. The van der Waals surface area contributed by atoms with Crippen LogP contribution in [0.15, 0.2) is 24.3 Å². The van der Waals surface area contributed by atoms with Gasteiger partial charge in [-0.3, -0.25) is 0 Å².